The number of amides is 3. The highest BCUT2D eigenvalue weighted by Gasteiger charge is 2.21. The SMILES string of the molecule is CCNC(=O)NC(=O)[C@H](C)Sc1nc2ccccc2n1CC(C)C. The zero-order valence-electron chi connectivity index (χ0n) is 14.5. The van der Waals surface area contributed by atoms with Gasteiger partial charge in [-0.05, 0) is 31.9 Å². The van der Waals surface area contributed by atoms with Crippen LogP contribution >= 0.6 is 11.8 Å². The van der Waals surface area contributed by atoms with Gasteiger partial charge >= 0.3 is 6.03 Å². The number of carbonyl (C=O) groups excluding carboxylic acids is 2. The molecule has 6 nitrogen and oxygen atoms in total. The molecule has 7 heteroatoms. The molecule has 2 rings (SSSR count). The van der Waals surface area contributed by atoms with Crippen molar-refractivity contribution in [2.75, 3.05) is 6.54 Å². The quantitative estimate of drug-likeness (QED) is 0.787. The van der Waals surface area contributed by atoms with Gasteiger partial charge in [-0.1, -0.05) is 37.7 Å². The molecule has 24 heavy (non-hydrogen) atoms. The summed E-state index contributed by atoms with van der Waals surface area (Å²) in [5.74, 6) is 0.135. The minimum atomic E-state index is -0.467. The summed E-state index contributed by atoms with van der Waals surface area (Å²) in [7, 11) is 0. The van der Waals surface area contributed by atoms with Crippen LogP contribution in [-0.4, -0.2) is 33.3 Å². The molecule has 0 fully saturated rings. The second kappa shape index (κ2) is 8.19. The number of imidazole rings is 1. The van der Waals surface area contributed by atoms with Gasteiger partial charge < -0.3 is 9.88 Å². The summed E-state index contributed by atoms with van der Waals surface area (Å²) in [6.07, 6.45) is 0. The van der Waals surface area contributed by atoms with Crippen LogP contribution < -0.4 is 10.6 Å². The van der Waals surface area contributed by atoms with Crippen LogP contribution in [0, 0.1) is 5.92 Å². The number of carbonyl (C=O) groups is 2. The van der Waals surface area contributed by atoms with E-state index in [1.54, 1.807) is 13.8 Å². The Morgan fingerprint density at radius 3 is 2.62 bits per heavy atom. The van der Waals surface area contributed by atoms with Crippen molar-refractivity contribution in [3.63, 3.8) is 0 Å². The van der Waals surface area contributed by atoms with Crippen molar-refractivity contribution in [3.8, 4) is 0 Å². The van der Waals surface area contributed by atoms with Crippen molar-refractivity contribution in [3.05, 3.63) is 24.3 Å². The Morgan fingerprint density at radius 2 is 1.96 bits per heavy atom. The first kappa shape index (κ1) is 18.3. The summed E-state index contributed by atoms with van der Waals surface area (Å²) < 4.78 is 2.14. The summed E-state index contributed by atoms with van der Waals surface area (Å²) in [4.78, 5) is 28.3. The number of aromatic nitrogens is 2. The zero-order valence-corrected chi connectivity index (χ0v) is 15.3. The normalized spacial score (nSPS) is 12.4. The number of hydrogen-bond donors (Lipinski definition) is 2. The molecule has 130 valence electrons. The second-order valence-corrected chi connectivity index (χ2v) is 7.30. The van der Waals surface area contributed by atoms with Gasteiger partial charge in [-0.25, -0.2) is 9.78 Å². The number of fused-ring (bicyclic) bond motifs is 1. The number of imide groups is 1. The Balaban J connectivity index is 2.19. The first-order valence-corrected chi connectivity index (χ1v) is 9.01. The minimum Gasteiger partial charge on any atom is -0.338 e. The maximum Gasteiger partial charge on any atom is 0.321 e. The van der Waals surface area contributed by atoms with Gasteiger partial charge in [0, 0.05) is 13.1 Å². The average Bonchev–Trinajstić information content (AvgIpc) is 2.84. The average molecular weight is 348 g/mol. The van der Waals surface area contributed by atoms with Crippen LogP contribution in [0.25, 0.3) is 11.0 Å². The predicted octanol–water partition coefficient (Wildman–Crippen LogP) is 3.02. The third-order valence-corrected chi connectivity index (χ3v) is 4.48. The predicted molar refractivity (Wildman–Crippen MR) is 97.1 cm³/mol. The van der Waals surface area contributed by atoms with E-state index >= 15 is 0 Å². The van der Waals surface area contributed by atoms with Crippen LogP contribution in [-0.2, 0) is 11.3 Å². The smallest absolute Gasteiger partial charge is 0.321 e. The molecule has 0 aliphatic heterocycles. The molecule has 0 radical (unpaired) electrons. The standard InChI is InChI=1S/C17H24N4O2S/c1-5-18-16(23)20-15(22)12(4)24-17-19-13-8-6-7-9-14(13)21(17)10-11(2)3/h6-9,11-12H,5,10H2,1-4H3,(H2,18,20,22,23)/t12-/m0/s1. The van der Waals surface area contributed by atoms with Gasteiger partial charge in [0.05, 0.1) is 16.3 Å². The lowest BCUT2D eigenvalue weighted by Crippen LogP contribution is -2.42. The highest BCUT2D eigenvalue weighted by molar-refractivity contribution is 8.00. The first-order valence-electron chi connectivity index (χ1n) is 8.13. The third kappa shape index (κ3) is 4.50. The van der Waals surface area contributed by atoms with E-state index in [1.807, 2.05) is 24.3 Å². The van der Waals surface area contributed by atoms with Gasteiger partial charge in [0.15, 0.2) is 5.16 Å². The zero-order chi connectivity index (χ0) is 17.7. The van der Waals surface area contributed by atoms with E-state index in [1.165, 1.54) is 11.8 Å². The Hall–Kier alpha value is -2.02. The maximum atomic E-state index is 12.2. The minimum absolute atomic E-state index is 0.325. The molecule has 2 aromatic rings. The molecule has 0 unspecified atom stereocenters. The summed E-state index contributed by atoms with van der Waals surface area (Å²) in [6.45, 7) is 9.18. The number of nitrogens with zero attached hydrogens (tertiary/aromatic N) is 2. The number of benzene rings is 1. The molecule has 1 aromatic carbocycles. The van der Waals surface area contributed by atoms with E-state index in [2.05, 4.69) is 34.0 Å². The van der Waals surface area contributed by atoms with Crippen molar-refractivity contribution in [1.82, 2.24) is 20.2 Å². The number of urea groups is 1. The monoisotopic (exact) mass is 348 g/mol. The van der Waals surface area contributed by atoms with Crippen LogP contribution in [0.15, 0.2) is 29.4 Å². The Kier molecular flexibility index (Phi) is 6.25. The van der Waals surface area contributed by atoms with E-state index in [9.17, 15) is 9.59 Å². The van der Waals surface area contributed by atoms with E-state index in [-0.39, 0.29) is 5.91 Å². The molecular formula is C17H24N4O2S. The molecule has 1 atom stereocenters. The highest BCUT2D eigenvalue weighted by atomic mass is 32.2. The van der Waals surface area contributed by atoms with Crippen molar-refractivity contribution in [2.24, 2.45) is 5.92 Å². The summed E-state index contributed by atoms with van der Waals surface area (Å²) in [5.41, 5.74) is 1.97. The second-order valence-electron chi connectivity index (χ2n) is 6.00. The Morgan fingerprint density at radius 1 is 1.25 bits per heavy atom. The van der Waals surface area contributed by atoms with Crippen LogP contribution in [0.4, 0.5) is 4.79 Å². The van der Waals surface area contributed by atoms with Crippen molar-refractivity contribution < 1.29 is 9.59 Å². The largest absolute Gasteiger partial charge is 0.338 e. The lowest BCUT2D eigenvalue weighted by molar-refractivity contribution is -0.119. The number of hydrogen-bond acceptors (Lipinski definition) is 4. The van der Waals surface area contributed by atoms with Gasteiger partial charge in [-0.2, -0.15) is 0 Å². The lowest BCUT2D eigenvalue weighted by atomic mass is 10.2. The van der Waals surface area contributed by atoms with Crippen molar-refractivity contribution in [1.29, 1.82) is 0 Å². The first-order chi connectivity index (χ1) is 11.4. The van der Waals surface area contributed by atoms with Crippen molar-refractivity contribution >= 4 is 34.7 Å². The summed E-state index contributed by atoms with van der Waals surface area (Å²) in [5, 5.41) is 5.28. The fraction of sp³-hybridized carbons (Fsp3) is 0.471. The molecule has 0 spiro atoms. The number of thioether (sulfide) groups is 1. The van der Waals surface area contributed by atoms with Crippen LogP contribution in [0.5, 0.6) is 0 Å². The highest BCUT2D eigenvalue weighted by Crippen LogP contribution is 2.28. The number of rotatable bonds is 6. The van der Waals surface area contributed by atoms with Crippen LogP contribution in [0.2, 0.25) is 0 Å². The van der Waals surface area contributed by atoms with E-state index in [4.69, 9.17) is 0 Å². The van der Waals surface area contributed by atoms with Crippen molar-refractivity contribution in [2.45, 2.75) is 44.6 Å². The lowest BCUT2D eigenvalue weighted by Gasteiger charge is -2.14. The van der Waals surface area contributed by atoms with E-state index in [0.29, 0.717) is 12.5 Å². The maximum absolute atomic E-state index is 12.2. The molecule has 0 saturated carbocycles. The van der Waals surface area contributed by atoms with Crippen LogP contribution in [0.3, 0.4) is 0 Å². The molecular weight excluding hydrogens is 324 g/mol. The molecule has 0 aliphatic carbocycles. The molecule has 0 bridgehead atoms. The van der Waals surface area contributed by atoms with E-state index in [0.717, 1.165) is 22.7 Å². The molecule has 0 saturated heterocycles. The number of para-hydroxylation sites is 2. The topological polar surface area (TPSA) is 76.0 Å². The molecule has 1 heterocycles. The van der Waals surface area contributed by atoms with E-state index < -0.39 is 11.3 Å². The molecule has 1 aromatic heterocycles. The summed E-state index contributed by atoms with van der Waals surface area (Å²) >= 11 is 1.37. The Bertz CT molecular complexity index is 726. The Labute approximate surface area is 146 Å². The molecule has 0 aliphatic rings. The van der Waals surface area contributed by atoms with Gasteiger partial charge in [0.25, 0.3) is 0 Å². The summed E-state index contributed by atoms with van der Waals surface area (Å²) in [6, 6.07) is 7.48. The molecule has 2 N–H and O–H groups in total. The van der Waals surface area contributed by atoms with Crippen LogP contribution in [0.1, 0.15) is 27.7 Å². The van der Waals surface area contributed by atoms with Gasteiger partial charge in [-0.15, -0.1) is 0 Å². The third-order valence-electron chi connectivity index (χ3n) is 3.39. The number of nitrogens with one attached hydrogen (secondary N) is 2. The fourth-order valence-electron chi connectivity index (χ4n) is 2.31. The molecule has 3 amide bonds. The van der Waals surface area contributed by atoms with Gasteiger partial charge in [0.1, 0.15) is 0 Å². The van der Waals surface area contributed by atoms with Gasteiger partial charge in [0.2, 0.25) is 5.91 Å². The fourth-order valence-corrected chi connectivity index (χ4v) is 3.25. The van der Waals surface area contributed by atoms with Gasteiger partial charge in [-0.3, -0.25) is 10.1 Å².